The fraction of sp³-hybridized carbons (Fsp3) is 0.519. The van der Waals surface area contributed by atoms with E-state index in [-0.39, 0.29) is 69.1 Å². The third-order valence-corrected chi connectivity index (χ3v) is 6.37. The highest BCUT2D eigenvalue weighted by atomic mass is 16.3. The number of aryl methyl sites for hydroxylation is 1. The molecule has 0 radical (unpaired) electrons. The predicted octanol–water partition coefficient (Wildman–Crippen LogP) is 1.95. The summed E-state index contributed by atoms with van der Waals surface area (Å²) >= 11 is 0. The number of ketones is 3. The van der Waals surface area contributed by atoms with Gasteiger partial charge in [-0.25, -0.2) is 9.97 Å². The van der Waals surface area contributed by atoms with E-state index in [4.69, 9.17) is 0 Å². The monoisotopic (exact) mass is 521 g/mol. The maximum absolute atomic E-state index is 13.0. The summed E-state index contributed by atoms with van der Waals surface area (Å²) < 4.78 is 0. The first-order valence-corrected chi connectivity index (χ1v) is 12.2. The number of hydrogen-bond acceptors (Lipinski definition) is 9. The second-order valence-corrected chi connectivity index (χ2v) is 9.34. The van der Waals surface area contributed by atoms with Crippen molar-refractivity contribution in [3.8, 4) is 16.9 Å². The van der Waals surface area contributed by atoms with Crippen molar-refractivity contribution < 1.29 is 38.0 Å². The zero-order valence-electron chi connectivity index (χ0n) is 22.0. The van der Waals surface area contributed by atoms with Crippen LogP contribution in [0.3, 0.4) is 0 Å². The van der Waals surface area contributed by atoms with Gasteiger partial charge in [0.2, 0.25) is 0 Å². The molecule has 10 nitrogen and oxygen atoms in total. The van der Waals surface area contributed by atoms with Gasteiger partial charge >= 0.3 is 0 Å². The third-order valence-electron chi connectivity index (χ3n) is 6.37. The van der Waals surface area contributed by atoms with E-state index in [9.17, 15) is 29.7 Å². The number of Topliss-reactive ketones (excluding diaryl/α,β-unsaturated/α-hetero) is 3. The molecular weight excluding hydrogens is 478 g/mol. The Morgan fingerprint density at radius 3 is 2.32 bits per heavy atom. The maximum Gasteiger partial charge on any atom is 0.167 e. The Bertz CT molecular complexity index is 1070. The Hall–Kier alpha value is -3.05. The first kappa shape index (κ1) is 32.0. The number of rotatable bonds is 10. The Labute approximate surface area is 220 Å². The molecule has 1 aromatic carbocycles. The van der Waals surface area contributed by atoms with E-state index in [0.717, 1.165) is 11.1 Å². The molecule has 3 unspecified atom stereocenters. The minimum atomic E-state index is -0.772. The van der Waals surface area contributed by atoms with Crippen molar-refractivity contribution in [3.63, 3.8) is 0 Å². The van der Waals surface area contributed by atoms with Crippen LogP contribution in [0.5, 0.6) is 5.75 Å². The van der Waals surface area contributed by atoms with E-state index in [0.29, 0.717) is 29.8 Å². The number of aromatic hydroxyl groups is 1. The van der Waals surface area contributed by atoms with Gasteiger partial charge in [-0.15, -0.1) is 0 Å². The number of hydrogen-bond donors (Lipinski definition) is 4. The number of nitrogens with one attached hydrogen (secondary N) is 1. The molecule has 0 spiro atoms. The molecule has 0 saturated heterocycles. The molecule has 10 heteroatoms. The van der Waals surface area contributed by atoms with Gasteiger partial charge in [0.05, 0.1) is 18.6 Å². The molecule has 1 aliphatic rings. The van der Waals surface area contributed by atoms with Crippen molar-refractivity contribution in [2.45, 2.75) is 46.0 Å². The van der Waals surface area contributed by atoms with Gasteiger partial charge in [0.1, 0.15) is 23.1 Å². The summed E-state index contributed by atoms with van der Waals surface area (Å²) in [7, 11) is 3.75. The van der Waals surface area contributed by atoms with Crippen LogP contribution in [-0.4, -0.2) is 75.4 Å². The molecule has 37 heavy (non-hydrogen) atoms. The lowest BCUT2D eigenvalue weighted by atomic mass is 9.72. The van der Waals surface area contributed by atoms with Crippen molar-refractivity contribution in [2.24, 2.45) is 17.8 Å². The Balaban J connectivity index is 0. The van der Waals surface area contributed by atoms with Gasteiger partial charge in [-0.2, -0.15) is 0 Å². The molecule has 208 valence electrons. The van der Waals surface area contributed by atoms with Gasteiger partial charge in [-0.3, -0.25) is 14.4 Å². The molecule has 3 rings (SSSR count). The molecule has 3 atom stereocenters. The predicted molar refractivity (Wildman–Crippen MR) is 144 cm³/mol. The summed E-state index contributed by atoms with van der Waals surface area (Å²) in [6.07, 6.45) is 4.49. The third kappa shape index (κ3) is 8.50. The minimum absolute atomic E-state index is 0. The van der Waals surface area contributed by atoms with Crippen LogP contribution in [0.15, 0.2) is 24.5 Å². The van der Waals surface area contributed by atoms with E-state index in [1.54, 1.807) is 25.4 Å². The smallest absolute Gasteiger partial charge is 0.167 e. The van der Waals surface area contributed by atoms with Crippen LogP contribution in [0.4, 0.5) is 0 Å². The maximum atomic E-state index is 13.0. The number of nitrogens with zero attached hydrogens (tertiary/aromatic N) is 2. The quantitative estimate of drug-likeness (QED) is 0.340. The topological polar surface area (TPSA) is 181 Å². The van der Waals surface area contributed by atoms with Gasteiger partial charge in [0.15, 0.2) is 5.78 Å². The molecular formula is C27H43N3O7. The Morgan fingerprint density at radius 1 is 1.16 bits per heavy atom. The van der Waals surface area contributed by atoms with Gasteiger partial charge in [0.25, 0.3) is 0 Å². The molecule has 6 N–H and O–H groups in total. The first-order chi connectivity index (χ1) is 17.2. The molecule has 0 fully saturated rings. The Kier molecular flexibility index (Phi) is 13.2. The molecule has 2 aromatic rings. The lowest BCUT2D eigenvalue weighted by Gasteiger charge is -2.31. The molecule has 1 aliphatic carbocycles. The van der Waals surface area contributed by atoms with Crippen LogP contribution < -0.4 is 5.32 Å². The van der Waals surface area contributed by atoms with Crippen LogP contribution >= 0.6 is 0 Å². The van der Waals surface area contributed by atoms with E-state index in [1.165, 1.54) is 13.0 Å². The van der Waals surface area contributed by atoms with Crippen molar-refractivity contribution in [1.82, 2.24) is 15.3 Å². The van der Waals surface area contributed by atoms with Gasteiger partial charge in [-0.1, -0.05) is 6.07 Å². The summed E-state index contributed by atoms with van der Waals surface area (Å²) in [6.45, 7) is 2.52. The highest BCUT2D eigenvalue weighted by molar-refractivity contribution is 6.03. The fourth-order valence-electron chi connectivity index (χ4n) is 4.82. The average molecular weight is 522 g/mol. The van der Waals surface area contributed by atoms with Gasteiger partial charge in [0, 0.05) is 39.8 Å². The second-order valence-electron chi connectivity index (χ2n) is 9.34. The van der Waals surface area contributed by atoms with Crippen molar-refractivity contribution >= 4 is 17.3 Å². The van der Waals surface area contributed by atoms with Crippen molar-refractivity contribution in [2.75, 3.05) is 27.3 Å². The first-order valence-electron chi connectivity index (χ1n) is 12.2. The summed E-state index contributed by atoms with van der Waals surface area (Å²) in [5.74, 6) is -1.54. The van der Waals surface area contributed by atoms with Crippen LogP contribution in [0, 0.1) is 24.7 Å². The normalized spacial score (nSPS) is 15.9. The van der Waals surface area contributed by atoms with Crippen LogP contribution in [0.1, 0.15) is 57.2 Å². The highest BCUT2D eigenvalue weighted by Crippen LogP contribution is 2.40. The van der Waals surface area contributed by atoms with E-state index in [2.05, 4.69) is 15.3 Å². The summed E-state index contributed by atoms with van der Waals surface area (Å²) in [5, 5.41) is 32.6. The molecule has 0 amide bonds. The number of carbonyl (C=O) groups excluding carboxylic acids is 3. The summed E-state index contributed by atoms with van der Waals surface area (Å²) in [4.78, 5) is 45.4. The second kappa shape index (κ2) is 15.3. The standard InChI is InChI=1S/C25H30N2O6.C2H7N.H2O.2H2/c1-14(30)7-23(32)21(13-29)17(5-6-28)8-16-9-20-19(18-11-26-15(2)27-12-18)3-4-22(31)25(20)24(33)10-16;1-3-2;;;/h3-4,11-12,16-17,21,28-29,31H,5-10,13H2,1-2H3;3H,1-2H3;1H2;2*1H. The lowest BCUT2D eigenvalue weighted by Crippen LogP contribution is -2.32. The van der Waals surface area contributed by atoms with Crippen molar-refractivity contribution in [3.05, 3.63) is 41.5 Å². The molecule has 0 bridgehead atoms. The Morgan fingerprint density at radius 2 is 1.78 bits per heavy atom. The number of phenolic OH excluding ortho intramolecular Hbond substituents is 1. The zero-order chi connectivity index (χ0) is 26.8. The molecule has 1 heterocycles. The van der Waals surface area contributed by atoms with Gasteiger partial charge in [-0.05, 0) is 76.2 Å². The lowest BCUT2D eigenvalue weighted by molar-refractivity contribution is -0.131. The number of phenols is 1. The zero-order valence-corrected chi connectivity index (χ0v) is 22.0. The number of fused-ring (bicyclic) bond motifs is 1. The van der Waals surface area contributed by atoms with E-state index < -0.39 is 12.5 Å². The summed E-state index contributed by atoms with van der Waals surface area (Å²) in [6, 6.07) is 3.25. The largest absolute Gasteiger partial charge is 0.507 e. The van der Waals surface area contributed by atoms with Crippen LogP contribution in [0.25, 0.3) is 11.1 Å². The van der Waals surface area contributed by atoms with E-state index >= 15 is 0 Å². The number of aromatic nitrogens is 2. The minimum Gasteiger partial charge on any atom is -0.507 e. The SMILES string of the molecule is CC(=O)CC(=O)C(CO)C(CCO)CC1CC(=O)c2c(O)ccc(-c3cnc(C)nc3)c2C1.CNC.O.[HH].[HH]. The summed E-state index contributed by atoms with van der Waals surface area (Å²) in [5.41, 5.74) is 2.52. The van der Waals surface area contributed by atoms with Gasteiger partial charge < -0.3 is 26.1 Å². The average Bonchev–Trinajstić information content (AvgIpc) is 2.80. The molecule has 0 saturated carbocycles. The number of aliphatic hydroxyl groups excluding tert-OH is 2. The highest BCUT2D eigenvalue weighted by Gasteiger charge is 2.35. The molecule has 0 aliphatic heterocycles. The van der Waals surface area contributed by atoms with Crippen LogP contribution in [-0.2, 0) is 16.0 Å². The number of benzene rings is 1. The van der Waals surface area contributed by atoms with E-state index in [1.807, 2.05) is 14.1 Å². The van der Waals surface area contributed by atoms with Crippen LogP contribution in [0.2, 0.25) is 0 Å². The number of carbonyl (C=O) groups is 3. The molecule has 1 aromatic heterocycles. The number of aliphatic hydroxyl groups is 2. The van der Waals surface area contributed by atoms with Crippen molar-refractivity contribution in [1.29, 1.82) is 0 Å². The fourth-order valence-corrected chi connectivity index (χ4v) is 4.82.